The average molecular weight is 283 g/mol. The van der Waals surface area contributed by atoms with Gasteiger partial charge in [-0.25, -0.2) is 0 Å². The summed E-state index contributed by atoms with van der Waals surface area (Å²) in [6.45, 7) is 1.48. The van der Waals surface area contributed by atoms with Crippen molar-refractivity contribution in [2.75, 3.05) is 32.8 Å². The van der Waals surface area contributed by atoms with Crippen LogP contribution in [0.3, 0.4) is 0 Å². The molecule has 2 rings (SSSR count). The van der Waals surface area contributed by atoms with E-state index in [0.717, 1.165) is 5.56 Å². The van der Waals surface area contributed by atoms with Crippen molar-refractivity contribution >= 4 is 23.2 Å². The topological polar surface area (TPSA) is 84.7 Å². The fourth-order valence-corrected chi connectivity index (χ4v) is 2.60. The average Bonchev–Trinajstić information content (AvgIpc) is 2.98. The number of nitrogens with zero attached hydrogens (tertiary/aromatic N) is 1. The maximum absolute atomic E-state index is 12.0. The monoisotopic (exact) mass is 283 g/mol. The predicted molar refractivity (Wildman–Crippen MR) is 71.7 cm³/mol. The molecule has 104 valence electrons. The molecule has 0 aromatic carbocycles. The number of hydrogen-bond acceptors (Lipinski definition) is 5. The van der Waals surface area contributed by atoms with Crippen LogP contribution < -0.4 is 11.1 Å². The summed E-state index contributed by atoms with van der Waals surface area (Å²) in [7, 11) is 0. The smallest absolute Gasteiger partial charge is 0.242 e. The summed E-state index contributed by atoms with van der Waals surface area (Å²) in [5.41, 5.74) is 6.26. The molecule has 3 N–H and O–H groups in total. The van der Waals surface area contributed by atoms with Crippen molar-refractivity contribution in [3.63, 3.8) is 0 Å². The summed E-state index contributed by atoms with van der Waals surface area (Å²) in [4.78, 5) is 24.7. The number of rotatable bonds is 4. The van der Waals surface area contributed by atoms with E-state index in [1.54, 1.807) is 16.2 Å². The molecule has 1 atom stereocenters. The Morgan fingerprint density at radius 2 is 2.42 bits per heavy atom. The largest absolute Gasteiger partial charge is 0.370 e. The van der Waals surface area contributed by atoms with Crippen molar-refractivity contribution in [1.82, 2.24) is 10.2 Å². The number of carbonyl (C=O) groups is 2. The van der Waals surface area contributed by atoms with Gasteiger partial charge in [0, 0.05) is 6.54 Å². The van der Waals surface area contributed by atoms with Gasteiger partial charge in [-0.3, -0.25) is 9.59 Å². The number of morpholine rings is 1. The lowest BCUT2D eigenvalue weighted by atomic mass is 10.1. The molecule has 0 bridgehead atoms. The second-order valence-electron chi connectivity index (χ2n) is 4.24. The molecule has 0 aliphatic carbocycles. The molecule has 1 fully saturated rings. The number of nitrogens with one attached hydrogen (secondary N) is 1. The molecule has 6 nitrogen and oxygen atoms in total. The fourth-order valence-electron chi connectivity index (χ4n) is 1.89. The summed E-state index contributed by atoms with van der Waals surface area (Å²) in [6.07, 6.45) is -0.0749. The van der Waals surface area contributed by atoms with Gasteiger partial charge in [0.15, 0.2) is 0 Å². The third kappa shape index (κ3) is 3.76. The van der Waals surface area contributed by atoms with Crippen LogP contribution in [0.2, 0.25) is 0 Å². The molecule has 1 saturated heterocycles. The van der Waals surface area contributed by atoms with Crippen LogP contribution in [0.4, 0.5) is 0 Å². The van der Waals surface area contributed by atoms with Gasteiger partial charge in [-0.2, -0.15) is 11.3 Å². The molecule has 0 saturated carbocycles. The van der Waals surface area contributed by atoms with Gasteiger partial charge in [0.1, 0.15) is 6.10 Å². The van der Waals surface area contributed by atoms with Crippen LogP contribution >= 0.6 is 11.3 Å². The van der Waals surface area contributed by atoms with E-state index in [-0.39, 0.29) is 31.0 Å². The summed E-state index contributed by atoms with van der Waals surface area (Å²) in [6, 6.07) is 2.00. The van der Waals surface area contributed by atoms with Gasteiger partial charge in [-0.05, 0) is 22.4 Å². The molecular formula is C12H17N3O3S. The standard InChI is InChI=1S/C12H17N3O3S/c13-5-11(16)14-6-12(17)15-2-3-18-10(7-15)9-1-4-19-8-9/h1,4,8,10H,2-3,5-7,13H2,(H,14,16). The van der Waals surface area contributed by atoms with Crippen LogP contribution in [0.1, 0.15) is 11.7 Å². The first-order valence-electron chi connectivity index (χ1n) is 6.09. The molecule has 1 aliphatic heterocycles. The van der Waals surface area contributed by atoms with Crippen molar-refractivity contribution < 1.29 is 14.3 Å². The summed E-state index contributed by atoms with van der Waals surface area (Å²) in [5.74, 6) is -0.429. The molecule has 19 heavy (non-hydrogen) atoms. The van der Waals surface area contributed by atoms with Gasteiger partial charge in [0.25, 0.3) is 0 Å². The molecule has 1 aromatic heterocycles. The molecule has 1 aromatic rings. The maximum atomic E-state index is 12.0. The second-order valence-corrected chi connectivity index (χ2v) is 5.02. The first-order valence-corrected chi connectivity index (χ1v) is 7.03. The second kappa shape index (κ2) is 6.65. The van der Waals surface area contributed by atoms with E-state index in [1.165, 1.54) is 0 Å². The van der Waals surface area contributed by atoms with Crippen LogP contribution in [0.25, 0.3) is 0 Å². The van der Waals surface area contributed by atoms with E-state index >= 15 is 0 Å². The normalized spacial score (nSPS) is 19.2. The van der Waals surface area contributed by atoms with Crippen molar-refractivity contribution in [2.45, 2.75) is 6.10 Å². The zero-order chi connectivity index (χ0) is 13.7. The van der Waals surface area contributed by atoms with Gasteiger partial charge in [-0.15, -0.1) is 0 Å². The number of nitrogens with two attached hydrogens (primary N) is 1. The van der Waals surface area contributed by atoms with Crippen LogP contribution in [0.15, 0.2) is 16.8 Å². The maximum Gasteiger partial charge on any atom is 0.242 e. The quantitative estimate of drug-likeness (QED) is 0.796. The van der Waals surface area contributed by atoms with Gasteiger partial charge in [-0.1, -0.05) is 0 Å². The predicted octanol–water partition coefficient (Wildman–Crippen LogP) is -0.277. The third-order valence-corrected chi connectivity index (χ3v) is 3.66. The highest BCUT2D eigenvalue weighted by molar-refractivity contribution is 7.07. The highest BCUT2D eigenvalue weighted by Crippen LogP contribution is 2.23. The van der Waals surface area contributed by atoms with E-state index in [2.05, 4.69) is 5.32 Å². The van der Waals surface area contributed by atoms with Crippen molar-refractivity contribution in [2.24, 2.45) is 5.73 Å². The lowest BCUT2D eigenvalue weighted by Crippen LogP contribution is -2.47. The number of hydrogen-bond donors (Lipinski definition) is 2. The SMILES string of the molecule is NCC(=O)NCC(=O)N1CCOC(c2ccsc2)C1. The van der Waals surface area contributed by atoms with Crippen molar-refractivity contribution in [3.05, 3.63) is 22.4 Å². The Labute approximate surface area is 115 Å². The van der Waals surface area contributed by atoms with Crippen LogP contribution in [0.5, 0.6) is 0 Å². The summed E-state index contributed by atoms with van der Waals surface area (Å²) in [5, 5.41) is 6.49. The van der Waals surface area contributed by atoms with E-state index in [9.17, 15) is 9.59 Å². The fraction of sp³-hybridized carbons (Fsp3) is 0.500. The lowest BCUT2D eigenvalue weighted by molar-refractivity contribution is -0.139. The molecule has 2 amide bonds. The van der Waals surface area contributed by atoms with Crippen molar-refractivity contribution in [3.8, 4) is 0 Å². The lowest BCUT2D eigenvalue weighted by Gasteiger charge is -2.32. The molecule has 0 spiro atoms. The Morgan fingerprint density at radius 3 is 3.11 bits per heavy atom. The minimum atomic E-state index is -0.323. The number of ether oxygens (including phenoxy) is 1. The van der Waals surface area contributed by atoms with Crippen molar-refractivity contribution in [1.29, 1.82) is 0 Å². The minimum absolute atomic E-state index is 0.00755. The zero-order valence-corrected chi connectivity index (χ0v) is 11.3. The summed E-state index contributed by atoms with van der Waals surface area (Å²) >= 11 is 1.61. The Hall–Kier alpha value is -1.44. The minimum Gasteiger partial charge on any atom is -0.370 e. The van der Waals surface area contributed by atoms with E-state index in [1.807, 2.05) is 16.8 Å². The molecule has 1 unspecified atom stereocenters. The van der Waals surface area contributed by atoms with Gasteiger partial charge in [0.05, 0.1) is 26.2 Å². The first-order chi connectivity index (χ1) is 9.20. The Bertz CT molecular complexity index is 435. The number of amides is 2. The third-order valence-electron chi connectivity index (χ3n) is 2.96. The van der Waals surface area contributed by atoms with Gasteiger partial charge < -0.3 is 20.7 Å². The highest BCUT2D eigenvalue weighted by Gasteiger charge is 2.25. The number of carbonyl (C=O) groups excluding carboxylic acids is 2. The van der Waals surface area contributed by atoms with Gasteiger partial charge >= 0.3 is 0 Å². The highest BCUT2D eigenvalue weighted by atomic mass is 32.1. The molecule has 7 heteroatoms. The zero-order valence-electron chi connectivity index (χ0n) is 10.5. The molecular weight excluding hydrogens is 266 g/mol. The van der Waals surface area contributed by atoms with E-state index < -0.39 is 0 Å². The first kappa shape index (κ1) is 14.0. The summed E-state index contributed by atoms with van der Waals surface area (Å²) < 4.78 is 5.65. The van der Waals surface area contributed by atoms with E-state index in [0.29, 0.717) is 19.7 Å². The Balaban J connectivity index is 1.86. The molecule has 2 heterocycles. The molecule has 0 radical (unpaired) electrons. The number of thiophene rings is 1. The Kier molecular flexibility index (Phi) is 4.89. The van der Waals surface area contributed by atoms with Crippen LogP contribution in [0, 0.1) is 0 Å². The van der Waals surface area contributed by atoms with Crippen LogP contribution in [-0.4, -0.2) is 49.5 Å². The van der Waals surface area contributed by atoms with E-state index in [4.69, 9.17) is 10.5 Å². The van der Waals surface area contributed by atoms with Gasteiger partial charge in [0.2, 0.25) is 11.8 Å². The molecule has 1 aliphatic rings. The van der Waals surface area contributed by atoms with Crippen LogP contribution in [-0.2, 0) is 14.3 Å². The Morgan fingerprint density at radius 1 is 1.58 bits per heavy atom.